The van der Waals surface area contributed by atoms with E-state index in [4.69, 9.17) is 9.63 Å². The average molecular weight is 220 g/mol. The van der Waals surface area contributed by atoms with Gasteiger partial charge in [0.05, 0.1) is 10.5 Å². The molecule has 0 bridgehead atoms. The SMILES string of the molecule is O=[N+]([O-])c1ccccc1-c1cc(CO)on1. The molecule has 0 aliphatic rings. The molecule has 2 aromatic rings. The third kappa shape index (κ3) is 1.78. The molecule has 1 aromatic carbocycles. The maximum atomic E-state index is 10.8. The van der Waals surface area contributed by atoms with Crippen molar-refractivity contribution in [1.82, 2.24) is 5.16 Å². The lowest BCUT2D eigenvalue weighted by molar-refractivity contribution is -0.384. The molecule has 0 radical (unpaired) electrons. The van der Waals surface area contributed by atoms with Crippen LogP contribution in [0.1, 0.15) is 5.76 Å². The molecule has 1 N–H and O–H groups in total. The number of aliphatic hydroxyl groups is 1. The number of hydrogen-bond acceptors (Lipinski definition) is 5. The molecule has 2 rings (SSSR count). The predicted molar refractivity (Wildman–Crippen MR) is 54.5 cm³/mol. The second-order valence-electron chi connectivity index (χ2n) is 3.11. The molecule has 6 nitrogen and oxygen atoms in total. The van der Waals surface area contributed by atoms with Gasteiger partial charge in [-0.3, -0.25) is 10.1 Å². The molecule has 6 heteroatoms. The van der Waals surface area contributed by atoms with E-state index in [0.29, 0.717) is 11.3 Å². The van der Waals surface area contributed by atoms with Crippen molar-refractivity contribution in [2.45, 2.75) is 6.61 Å². The lowest BCUT2D eigenvalue weighted by atomic mass is 10.1. The molecule has 1 aromatic heterocycles. The van der Waals surface area contributed by atoms with Crippen LogP contribution in [0.15, 0.2) is 34.9 Å². The summed E-state index contributed by atoms with van der Waals surface area (Å²) in [4.78, 5) is 10.3. The molecule has 0 fully saturated rings. The number of nitrogens with zero attached hydrogens (tertiary/aromatic N) is 2. The van der Waals surface area contributed by atoms with Crippen molar-refractivity contribution in [3.05, 3.63) is 46.2 Å². The normalized spacial score (nSPS) is 10.3. The van der Waals surface area contributed by atoms with Gasteiger partial charge in [-0.15, -0.1) is 0 Å². The molecule has 0 atom stereocenters. The molecular weight excluding hydrogens is 212 g/mol. The Morgan fingerprint density at radius 2 is 2.19 bits per heavy atom. The van der Waals surface area contributed by atoms with Crippen molar-refractivity contribution in [2.24, 2.45) is 0 Å². The van der Waals surface area contributed by atoms with Crippen LogP contribution in [-0.2, 0) is 6.61 Å². The van der Waals surface area contributed by atoms with Gasteiger partial charge in [0.2, 0.25) is 0 Å². The van der Waals surface area contributed by atoms with Gasteiger partial charge in [0, 0.05) is 12.1 Å². The Morgan fingerprint density at radius 3 is 2.81 bits per heavy atom. The first-order valence-electron chi connectivity index (χ1n) is 4.52. The van der Waals surface area contributed by atoms with Gasteiger partial charge in [0.15, 0.2) is 5.76 Å². The van der Waals surface area contributed by atoms with Crippen LogP contribution in [-0.4, -0.2) is 15.2 Å². The summed E-state index contributed by atoms with van der Waals surface area (Å²) in [6, 6.07) is 7.70. The molecule has 0 spiro atoms. The van der Waals surface area contributed by atoms with E-state index in [1.54, 1.807) is 18.2 Å². The molecule has 0 saturated carbocycles. The Morgan fingerprint density at radius 1 is 1.44 bits per heavy atom. The van der Waals surface area contributed by atoms with Crippen LogP contribution in [0, 0.1) is 10.1 Å². The number of nitro groups is 1. The molecule has 0 aliphatic carbocycles. The lowest BCUT2D eigenvalue weighted by Gasteiger charge is -1.96. The quantitative estimate of drug-likeness (QED) is 0.628. The van der Waals surface area contributed by atoms with Gasteiger partial charge in [-0.2, -0.15) is 0 Å². The molecule has 0 amide bonds. The number of para-hydroxylation sites is 1. The molecule has 0 saturated heterocycles. The Kier molecular flexibility index (Phi) is 2.65. The van der Waals surface area contributed by atoms with E-state index in [1.807, 2.05) is 0 Å². The Hall–Kier alpha value is -2.21. The number of nitro benzene ring substituents is 1. The first kappa shape index (κ1) is 10.3. The van der Waals surface area contributed by atoms with Crippen LogP contribution in [0.2, 0.25) is 0 Å². The second-order valence-corrected chi connectivity index (χ2v) is 3.11. The number of aliphatic hydroxyl groups excluding tert-OH is 1. The zero-order chi connectivity index (χ0) is 11.5. The number of benzene rings is 1. The molecular formula is C10H8N2O4. The number of aromatic nitrogens is 1. The summed E-state index contributed by atoms with van der Waals surface area (Å²) in [7, 11) is 0. The van der Waals surface area contributed by atoms with Gasteiger partial charge in [-0.05, 0) is 6.07 Å². The zero-order valence-corrected chi connectivity index (χ0v) is 8.16. The van der Waals surface area contributed by atoms with Crippen LogP contribution in [0.5, 0.6) is 0 Å². The summed E-state index contributed by atoms with van der Waals surface area (Å²) in [5.74, 6) is 0.271. The van der Waals surface area contributed by atoms with Crippen molar-refractivity contribution in [3.63, 3.8) is 0 Å². The molecule has 0 unspecified atom stereocenters. The van der Waals surface area contributed by atoms with E-state index >= 15 is 0 Å². The summed E-state index contributed by atoms with van der Waals surface area (Å²) in [5, 5.41) is 23.2. The van der Waals surface area contributed by atoms with Crippen LogP contribution in [0.25, 0.3) is 11.3 Å². The highest BCUT2D eigenvalue weighted by molar-refractivity contribution is 5.70. The minimum absolute atomic E-state index is 0.0414. The summed E-state index contributed by atoms with van der Waals surface area (Å²) in [5.41, 5.74) is 0.674. The van der Waals surface area contributed by atoms with E-state index in [9.17, 15) is 10.1 Å². The fourth-order valence-electron chi connectivity index (χ4n) is 1.36. The van der Waals surface area contributed by atoms with Gasteiger partial charge in [0.1, 0.15) is 12.3 Å². The van der Waals surface area contributed by atoms with Gasteiger partial charge in [-0.1, -0.05) is 17.3 Å². The van der Waals surface area contributed by atoms with E-state index in [-0.39, 0.29) is 18.1 Å². The van der Waals surface area contributed by atoms with Crippen molar-refractivity contribution >= 4 is 5.69 Å². The molecule has 0 aliphatic heterocycles. The summed E-state index contributed by atoms with van der Waals surface area (Å²) >= 11 is 0. The van der Waals surface area contributed by atoms with Crippen LogP contribution >= 0.6 is 0 Å². The van der Waals surface area contributed by atoms with Crippen molar-refractivity contribution < 1.29 is 14.6 Å². The Bertz CT molecular complexity index is 521. The van der Waals surface area contributed by atoms with Gasteiger partial charge < -0.3 is 9.63 Å². The van der Waals surface area contributed by atoms with Gasteiger partial charge >= 0.3 is 0 Å². The third-order valence-corrected chi connectivity index (χ3v) is 2.09. The monoisotopic (exact) mass is 220 g/mol. The van der Waals surface area contributed by atoms with E-state index in [1.165, 1.54) is 12.1 Å². The van der Waals surface area contributed by atoms with Crippen LogP contribution in [0.3, 0.4) is 0 Å². The van der Waals surface area contributed by atoms with Crippen molar-refractivity contribution in [2.75, 3.05) is 0 Å². The van der Waals surface area contributed by atoms with Crippen molar-refractivity contribution in [1.29, 1.82) is 0 Å². The van der Waals surface area contributed by atoms with Crippen LogP contribution < -0.4 is 0 Å². The smallest absolute Gasteiger partial charge is 0.278 e. The number of hydrogen-bond donors (Lipinski definition) is 1. The summed E-state index contributed by atoms with van der Waals surface area (Å²) in [6.07, 6.45) is 0. The van der Waals surface area contributed by atoms with Gasteiger partial charge in [0.25, 0.3) is 5.69 Å². The predicted octanol–water partition coefficient (Wildman–Crippen LogP) is 1.74. The summed E-state index contributed by atoms with van der Waals surface area (Å²) in [6.45, 7) is -0.284. The molecule has 16 heavy (non-hydrogen) atoms. The lowest BCUT2D eigenvalue weighted by Crippen LogP contribution is -1.91. The second kappa shape index (κ2) is 4.11. The van der Waals surface area contributed by atoms with Crippen LogP contribution in [0.4, 0.5) is 5.69 Å². The first-order valence-corrected chi connectivity index (χ1v) is 4.52. The molecule has 82 valence electrons. The van der Waals surface area contributed by atoms with E-state index in [2.05, 4.69) is 5.16 Å². The zero-order valence-electron chi connectivity index (χ0n) is 8.16. The maximum Gasteiger partial charge on any atom is 0.278 e. The van der Waals surface area contributed by atoms with Gasteiger partial charge in [-0.25, -0.2) is 0 Å². The minimum atomic E-state index is -0.483. The van der Waals surface area contributed by atoms with E-state index in [0.717, 1.165) is 0 Å². The third-order valence-electron chi connectivity index (χ3n) is 2.09. The van der Waals surface area contributed by atoms with Crippen molar-refractivity contribution in [3.8, 4) is 11.3 Å². The highest BCUT2D eigenvalue weighted by atomic mass is 16.6. The average Bonchev–Trinajstić information content (AvgIpc) is 2.77. The topological polar surface area (TPSA) is 89.4 Å². The number of rotatable bonds is 3. The fourth-order valence-corrected chi connectivity index (χ4v) is 1.36. The van der Waals surface area contributed by atoms with E-state index < -0.39 is 4.92 Å². The standard InChI is InChI=1S/C10H8N2O4/c13-6-7-5-9(11-16-7)8-3-1-2-4-10(8)12(14)15/h1-5,13H,6H2. The first-order chi connectivity index (χ1) is 7.72. The largest absolute Gasteiger partial charge is 0.388 e. The minimum Gasteiger partial charge on any atom is -0.388 e. The highest BCUT2D eigenvalue weighted by Crippen LogP contribution is 2.28. The maximum absolute atomic E-state index is 10.8. The summed E-state index contributed by atoms with van der Waals surface area (Å²) < 4.78 is 4.78. The fraction of sp³-hybridized carbons (Fsp3) is 0.100. The Balaban J connectivity index is 2.50. The Labute approximate surface area is 90.3 Å². The highest BCUT2D eigenvalue weighted by Gasteiger charge is 2.17. The molecule has 1 heterocycles.